The van der Waals surface area contributed by atoms with E-state index < -0.39 is 0 Å². The molecular weight excluding hydrogens is 266 g/mol. The van der Waals surface area contributed by atoms with Crippen LogP contribution in [-0.4, -0.2) is 41.1 Å². The molecule has 7 nitrogen and oxygen atoms in total. The van der Waals surface area contributed by atoms with Crippen molar-refractivity contribution in [1.29, 1.82) is 5.26 Å². The Kier molecular flexibility index (Phi) is 3.89. The Morgan fingerprint density at radius 3 is 2.48 bits per heavy atom. The summed E-state index contributed by atoms with van der Waals surface area (Å²) in [6.45, 7) is 3.98. The first-order valence-corrected chi connectivity index (χ1v) is 6.76. The summed E-state index contributed by atoms with van der Waals surface area (Å²) in [5.41, 5.74) is 1.55. The largest absolute Gasteiger partial charge is 0.368 e. The van der Waals surface area contributed by atoms with Gasteiger partial charge in [0.05, 0.1) is 29.8 Å². The molecule has 1 aliphatic rings. The highest BCUT2D eigenvalue weighted by Crippen LogP contribution is 2.17. The molecule has 0 amide bonds. The second kappa shape index (κ2) is 6.15. The van der Waals surface area contributed by atoms with Crippen molar-refractivity contribution in [2.75, 3.05) is 36.4 Å². The van der Waals surface area contributed by atoms with Crippen molar-refractivity contribution >= 4 is 17.5 Å². The SMILES string of the molecule is N#Cc1cnc(Nc2ccc(N3CCNCC3)cn2)nc1. The minimum Gasteiger partial charge on any atom is -0.368 e. The van der Waals surface area contributed by atoms with E-state index in [9.17, 15) is 0 Å². The molecule has 0 atom stereocenters. The number of nitrogens with zero attached hydrogens (tertiary/aromatic N) is 5. The molecule has 2 aromatic heterocycles. The summed E-state index contributed by atoms with van der Waals surface area (Å²) in [6, 6.07) is 5.92. The number of aromatic nitrogens is 3. The Bertz CT molecular complexity index is 624. The molecule has 3 heterocycles. The molecule has 106 valence electrons. The van der Waals surface area contributed by atoms with E-state index in [1.807, 2.05) is 24.4 Å². The fraction of sp³-hybridized carbons (Fsp3) is 0.286. The summed E-state index contributed by atoms with van der Waals surface area (Å²) in [4.78, 5) is 14.8. The second-order valence-corrected chi connectivity index (χ2v) is 4.67. The molecule has 0 bridgehead atoms. The van der Waals surface area contributed by atoms with Crippen molar-refractivity contribution in [2.24, 2.45) is 0 Å². The third-order valence-electron chi connectivity index (χ3n) is 3.25. The van der Waals surface area contributed by atoms with Crippen LogP contribution in [0.1, 0.15) is 5.56 Å². The van der Waals surface area contributed by atoms with Crippen LogP contribution < -0.4 is 15.5 Å². The van der Waals surface area contributed by atoms with Crippen LogP contribution in [0.3, 0.4) is 0 Å². The molecule has 0 radical (unpaired) electrons. The van der Waals surface area contributed by atoms with Crippen molar-refractivity contribution in [3.8, 4) is 6.07 Å². The van der Waals surface area contributed by atoms with E-state index in [0.717, 1.165) is 31.9 Å². The molecule has 7 heteroatoms. The lowest BCUT2D eigenvalue weighted by atomic mass is 10.3. The molecule has 3 rings (SSSR count). The smallest absolute Gasteiger partial charge is 0.228 e. The molecule has 0 aromatic carbocycles. The van der Waals surface area contributed by atoms with Gasteiger partial charge in [-0.05, 0) is 12.1 Å². The van der Waals surface area contributed by atoms with Crippen molar-refractivity contribution in [1.82, 2.24) is 20.3 Å². The number of rotatable bonds is 3. The normalized spacial score (nSPS) is 14.5. The summed E-state index contributed by atoms with van der Waals surface area (Å²) < 4.78 is 0. The molecule has 0 unspecified atom stereocenters. The van der Waals surface area contributed by atoms with Gasteiger partial charge in [0.1, 0.15) is 11.9 Å². The Morgan fingerprint density at radius 1 is 1.10 bits per heavy atom. The summed E-state index contributed by atoms with van der Waals surface area (Å²) in [6.07, 6.45) is 4.80. The fourth-order valence-corrected chi connectivity index (χ4v) is 2.13. The molecule has 0 spiro atoms. The maximum absolute atomic E-state index is 8.70. The predicted octanol–water partition coefficient (Wildman–Crippen LogP) is 0.896. The van der Waals surface area contributed by atoms with Gasteiger partial charge < -0.3 is 15.5 Å². The van der Waals surface area contributed by atoms with Gasteiger partial charge in [-0.2, -0.15) is 5.26 Å². The van der Waals surface area contributed by atoms with Crippen molar-refractivity contribution in [3.05, 3.63) is 36.3 Å². The monoisotopic (exact) mass is 281 g/mol. The highest BCUT2D eigenvalue weighted by Gasteiger charge is 2.10. The van der Waals surface area contributed by atoms with E-state index >= 15 is 0 Å². The van der Waals surface area contributed by atoms with Crippen LogP contribution in [0.25, 0.3) is 0 Å². The van der Waals surface area contributed by atoms with Crippen molar-refractivity contribution < 1.29 is 0 Å². The highest BCUT2D eigenvalue weighted by molar-refractivity contribution is 5.53. The molecule has 2 N–H and O–H groups in total. The Balaban J connectivity index is 1.67. The molecule has 0 aliphatic carbocycles. The topological polar surface area (TPSA) is 89.8 Å². The minimum atomic E-state index is 0.427. The van der Waals surface area contributed by atoms with Gasteiger partial charge in [0, 0.05) is 26.2 Å². The van der Waals surface area contributed by atoms with Gasteiger partial charge in [-0.1, -0.05) is 0 Å². The number of piperazine rings is 1. The maximum atomic E-state index is 8.70. The Morgan fingerprint density at radius 2 is 1.86 bits per heavy atom. The highest BCUT2D eigenvalue weighted by atomic mass is 15.2. The van der Waals surface area contributed by atoms with E-state index in [4.69, 9.17) is 5.26 Å². The van der Waals surface area contributed by atoms with Gasteiger partial charge in [0.15, 0.2) is 0 Å². The molecule has 0 saturated carbocycles. The lowest BCUT2D eigenvalue weighted by Gasteiger charge is -2.29. The Hall–Kier alpha value is -2.72. The third-order valence-corrected chi connectivity index (χ3v) is 3.25. The predicted molar refractivity (Wildman–Crippen MR) is 79.3 cm³/mol. The molecule has 21 heavy (non-hydrogen) atoms. The van der Waals surface area contributed by atoms with Crippen LogP contribution in [0, 0.1) is 11.3 Å². The molecule has 2 aromatic rings. The number of anilines is 3. The standard InChI is InChI=1S/C14H15N7/c15-7-11-8-18-14(19-9-11)20-13-2-1-12(10-17-13)21-5-3-16-4-6-21/h1-2,8-10,16H,3-6H2,(H,17,18,19,20). The summed E-state index contributed by atoms with van der Waals surface area (Å²) >= 11 is 0. The molecule has 1 saturated heterocycles. The number of pyridine rings is 1. The molecular formula is C14H15N7. The van der Waals surface area contributed by atoms with Crippen LogP contribution in [0.5, 0.6) is 0 Å². The van der Waals surface area contributed by atoms with Gasteiger partial charge in [-0.3, -0.25) is 0 Å². The first-order valence-electron chi connectivity index (χ1n) is 6.76. The van der Waals surface area contributed by atoms with E-state index in [2.05, 4.69) is 30.5 Å². The third kappa shape index (κ3) is 3.24. The van der Waals surface area contributed by atoms with Crippen LogP contribution in [0.4, 0.5) is 17.5 Å². The number of nitriles is 1. The van der Waals surface area contributed by atoms with Gasteiger partial charge in [-0.15, -0.1) is 0 Å². The first kappa shape index (κ1) is 13.3. The summed E-state index contributed by atoms with van der Waals surface area (Å²) in [7, 11) is 0. The Labute approximate surface area is 122 Å². The number of nitrogens with one attached hydrogen (secondary N) is 2. The fourth-order valence-electron chi connectivity index (χ4n) is 2.13. The first-order chi connectivity index (χ1) is 10.3. The van der Waals surface area contributed by atoms with Crippen LogP contribution in [-0.2, 0) is 0 Å². The lowest BCUT2D eigenvalue weighted by molar-refractivity contribution is 0.589. The molecule has 1 fully saturated rings. The van der Waals surface area contributed by atoms with Crippen LogP contribution in [0.15, 0.2) is 30.7 Å². The minimum absolute atomic E-state index is 0.427. The van der Waals surface area contributed by atoms with E-state index in [1.54, 1.807) is 0 Å². The van der Waals surface area contributed by atoms with Gasteiger partial charge in [0.25, 0.3) is 0 Å². The van der Waals surface area contributed by atoms with Crippen molar-refractivity contribution in [3.63, 3.8) is 0 Å². The van der Waals surface area contributed by atoms with Gasteiger partial charge >= 0.3 is 0 Å². The van der Waals surface area contributed by atoms with E-state index in [0.29, 0.717) is 17.3 Å². The molecule has 1 aliphatic heterocycles. The quantitative estimate of drug-likeness (QED) is 0.863. The number of hydrogen-bond donors (Lipinski definition) is 2. The van der Waals surface area contributed by atoms with Crippen LogP contribution >= 0.6 is 0 Å². The zero-order chi connectivity index (χ0) is 14.5. The van der Waals surface area contributed by atoms with E-state index in [1.165, 1.54) is 12.4 Å². The van der Waals surface area contributed by atoms with Crippen LogP contribution in [0.2, 0.25) is 0 Å². The number of hydrogen-bond acceptors (Lipinski definition) is 7. The average molecular weight is 281 g/mol. The lowest BCUT2D eigenvalue weighted by Crippen LogP contribution is -2.43. The van der Waals surface area contributed by atoms with E-state index in [-0.39, 0.29) is 0 Å². The average Bonchev–Trinajstić information content (AvgIpc) is 2.57. The summed E-state index contributed by atoms with van der Waals surface area (Å²) in [5, 5.41) is 15.0. The van der Waals surface area contributed by atoms with Gasteiger partial charge in [0.2, 0.25) is 5.95 Å². The zero-order valence-corrected chi connectivity index (χ0v) is 11.5. The maximum Gasteiger partial charge on any atom is 0.228 e. The van der Waals surface area contributed by atoms with Crippen molar-refractivity contribution in [2.45, 2.75) is 0 Å². The summed E-state index contributed by atoms with van der Waals surface area (Å²) in [5.74, 6) is 1.11. The second-order valence-electron chi connectivity index (χ2n) is 4.67. The van der Waals surface area contributed by atoms with Gasteiger partial charge in [-0.25, -0.2) is 15.0 Å². The zero-order valence-electron chi connectivity index (χ0n) is 11.5.